The van der Waals surface area contributed by atoms with Gasteiger partial charge in [-0.05, 0) is 48.2 Å². The number of rotatable bonds is 4. The predicted octanol–water partition coefficient (Wildman–Crippen LogP) is 4.39. The number of H-pyrrole nitrogens is 1. The lowest BCUT2D eigenvalue weighted by atomic mass is 9.97. The molecule has 0 spiro atoms. The second-order valence-corrected chi connectivity index (χ2v) is 7.05. The lowest BCUT2D eigenvalue weighted by molar-refractivity contribution is 0.211. The SMILES string of the molecule is Cc1ccc(C(O)c2ccc(-c3nc4cc(OC(N)=O)ccc4[nH]3)cc2)cc1C. The van der Waals surface area contributed by atoms with Crippen molar-refractivity contribution in [1.82, 2.24) is 9.97 Å². The number of amides is 1. The molecule has 4 rings (SSSR count). The molecular weight excluding hydrogens is 366 g/mol. The van der Waals surface area contributed by atoms with E-state index in [2.05, 4.69) is 16.9 Å². The van der Waals surface area contributed by atoms with E-state index in [1.54, 1.807) is 18.2 Å². The monoisotopic (exact) mass is 387 g/mol. The third kappa shape index (κ3) is 3.83. The third-order valence-electron chi connectivity index (χ3n) is 5.02. The van der Waals surface area contributed by atoms with Gasteiger partial charge in [0.25, 0.3) is 0 Å². The average molecular weight is 387 g/mol. The van der Waals surface area contributed by atoms with E-state index < -0.39 is 12.2 Å². The summed E-state index contributed by atoms with van der Waals surface area (Å²) >= 11 is 0. The van der Waals surface area contributed by atoms with E-state index in [9.17, 15) is 9.90 Å². The molecule has 0 radical (unpaired) electrons. The van der Waals surface area contributed by atoms with Crippen LogP contribution in [-0.4, -0.2) is 21.2 Å². The Kier molecular flexibility index (Phi) is 4.78. The Bertz CT molecular complexity index is 1200. The summed E-state index contributed by atoms with van der Waals surface area (Å²) in [5.41, 5.74) is 11.4. The molecule has 29 heavy (non-hydrogen) atoms. The van der Waals surface area contributed by atoms with Gasteiger partial charge in [-0.25, -0.2) is 9.78 Å². The first-order valence-corrected chi connectivity index (χ1v) is 9.23. The number of ether oxygens (including phenoxy) is 1. The van der Waals surface area contributed by atoms with Gasteiger partial charge in [0.2, 0.25) is 0 Å². The van der Waals surface area contributed by atoms with Crippen LogP contribution in [0.5, 0.6) is 5.75 Å². The fraction of sp³-hybridized carbons (Fsp3) is 0.130. The van der Waals surface area contributed by atoms with Crippen LogP contribution in [0, 0.1) is 13.8 Å². The van der Waals surface area contributed by atoms with Crippen molar-refractivity contribution in [3.63, 3.8) is 0 Å². The van der Waals surface area contributed by atoms with Crippen LogP contribution in [0.1, 0.15) is 28.4 Å². The quantitative estimate of drug-likeness (QED) is 0.483. The lowest BCUT2D eigenvalue weighted by Gasteiger charge is -2.13. The molecule has 0 aliphatic heterocycles. The number of nitrogens with zero attached hydrogens (tertiary/aromatic N) is 1. The van der Waals surface area contributed by atoms with Gasteiger partial charge in [0, 0.05) is 11.6 Å². The first kappa shape index (κ1) is 18.7. The number of aliphatic hydroxyl groups is 1. The highest BCUT2D eigenvalue weighted by Gasteiger charge is 2.13. The maximum Gasteiger partial charge on any atom is 0.409 e. The fourth-order valence-corrected chi connectivity index (χ4v) is 3.25. The van der Waals surface area contributed by atoms with E-state index in [1.165, 1.54) is 5.56 Å². The van der Waals surface area contributed by atoms with Crippen LogP contribution in [0.3, 0.4) is 0 Å². The molecule has 4 N–H and O–H groups in total. The van der Waals surface area contributed by atoms with Gasteiger partial charge in [-0.15, -0.1) is 0 Å². The van der Waals surface area contributed by atoms with Crippen molar-refractivity contribution in [2.24, 2.45) is 5.73 Å². The topological polar surface area (TPSA) is 101 Å². The summed E-state index contributed by atoms with van der Waals surface area (Å²) in [4.78, 5) is 18.7. The van der Waals surface area contributed by atoms with Crippen molar-refractivity contribution in [3.05, 3.63) is 82.9 Å². The van der Waals surface area contributed by atoms with E-state index in [-0.39, 0.29) is 0 Å². The smallest absolute Gasteiger partial charge is 0.409 e. The standard InChI is InChI=1S/C23H21N3O3/c1-13-3-4-17(11-14(13)2)21(27)15-5-7-16(8-6-15)22-25-19-10-9-18(29-23(24)28)12-20(19)26-22/h3-12,21,27H,1-2H3,(H2,24,28)(H,25,26). The minimum absolute atomic E-state index is 0.343. The average Bonchev–Trinajstić information content (AvgIpc) is 3.12. The molecule has 1 heterocycles. The van der Waals surface area contributed by atoms with Crippen LogP contribution in [-0.2, 0) is 0 Å². The molecule has 1 amide bonds. The van der Waals surface area contributed by atoms with Crippen molar-refractivity contribution >= 4 is 17.1 Å². The maximum absolute atomic E-state index is 10.9. The summed E-state index contributed by atoms with van der Waals surface area (Å²) in [5, 5.41) is 10.7. The van der Waals surface area contributed by atoms with Crippen molar-refractivity contribution in [3.8, 4) is 17.1 Å². The highest BCUT2D eigenvalue weighted by atomic mass is 16.5. The molecule has 0 saturated carbocycles. The summed E-state index contributed by atoms with van der Waals surface area (Å²) in [7, 11) is 0. The highest BCUT2D eigenvalue weighted by Crippen LogP contribution is 2.28. The van der Waals surface area contributed by atoms with Gasteiger partial charge in [-0.1, -0.05) is 42.5 Å². The fourth-order valence-electron chi connectivity index (χ4n) is 3.25. The number of benzene rings is 3. The molecule has 0 fully saturated rings. The number of hydrogen-bond acceptors (Lipinski definition) is 4. The molecule has 4 aromatic rings. The zero-order valence-electron chi connectivity index (χ0n) is 16.1. The van der Waals surface area contributed by atoms with Crippen LogP contribution < -0.4 is 10.5 Å². The number of aromatic nitrogens is 2. The molecule has 0 aliphatic carbocycles. The molecular formula is C23H21N3O3. The number of fused-ring (bicyclic) bond motifs is 1. The summed E-state index contributed by atoms with van der Waals surface area (Å²) in [6, 6.07) is 18.7. The molecule has 1 atom stereocenters. The van der Waals surface area contributed by atoms with E-state index in [1.807, 2.05) is 49.4 Å². The van der Waals surface area contributed by atoms with Gasteiger partial charge >= 0.3 is 6.09 Å². The molecule has 3 aromatic carbocycles. The van der Waals surface area contributed by atoms with E-state index in [0.29, 0.717) is 17.1 Å². The number of nitrogens with two attached hydrogens (primary N) is 1. The van der Waals surface area contributed by atoms with Crippen molar-refractivity contribution in [1.29, 1.82) is 0 Å². The molecule has 6 nitrogen and oxygen atoms in total. The lowest BCUT2D eigenvalue weighted by Crippen LogP contribution is -2.16. The number of aliphatic hydroxyl groups excluding tert-OH is 1. The van der Waals surface area contributed by atoms with Gasteiger partial charge in [-0.3, -0.25) is 0 Å². The molecule has 6 heteroatoms. The van der Waals surface area contributed by atoms with Crippen molar-refractivity contribution in [2.75, 3.05) is 0 Å². The number of hydrogen-bond donors (Lipinski definition) is 3. The Hall–Kier alpha value is -3.64. The van der Waals surface area contributed by atoms with Gasteiger partial charge in [0.15, 0.2) is 0 Å². The van der Waals surface area contributed by atoms with Gasteiger partial charge in [-0.2, -0.15) is 0 Å². The van der Waals surface area contributed by atoms with Crippen LogP contribution >= 0.6 is 0 Å². The first-order chi connectivity index (χ1) is 13.9. The Morgan fingerprint density at radius 2 is 1.72 bits per heavy atom. The second kappa shape index (κ2) is 7.41. The van der Waals surface area contributed by atoms with Crippen molar-refractivity contribution < 1.29 is 14.6 Å². The Morgan fingerprint density at radius 1 is 1.00 bits per heavy atom. The number of nitrogens with one attached hydrogen (secondary N) is 1. The number of aromatic amines is 1. The molecule has 146 valence electrons. The minimum Gasteiger partial charge on any atom is -0.410 e. The van der Waals surface area contributed by atoms with Crippen LogP contribution in [0.2, 0.25) is 0 Å². The largest absolute Gasteiger partial charge is 0.410 e. The summed E-state index contributed by atoms with van der Waals surface area (Å²) < 4.78 is 4.89. The van der Waals surface area contributed by atoms with Gasteiger partial charge in [0.1, 0.15) is 17.7 Å². The first-order valence-electron chi connectivity index (χ1n) is 9.23. The molecule has 0 saturated heterocycles. The summed E-state index contributed by atoms with van der Waals surface area (Å²) in [6.07, 6.45) is -1.55. The summed E-state index contributed by atoms with van der Waals surface area (Å²) in [5.74, 6) is 1.03. The number of imidazole rings is 1. The predicted molar refractivity (Wildman–Crippen MR) is 112 cm³/mol. The maximum atomic E-state index is 10.9. The highest BCUT2D eigenvalue weighted by molar-refractivity contribution is 5.81. The van der Waals surface area contributed by atoms with Crippen LogP contribution in [0.15, 0.2) is 60.7 Å². The number of carbonyl (C=O) groups excluding carboxylic acids is 1. The third-order valence-corrected chi connectivity index (χ3v) is 5.02. The zero-order valence-corrected chi connectivity index (χ0v) is 16.1. The zero-order chi connectivity index (χ0) is 20.5. The number of carbonyl (C=O) groups is 1. The number of primary amides is 1. The molecule has 0 bridgehead atoms. The number of aryl methyl sites for hydroxylation is 2. The molecule has 0 aliphatic rings. The van der Waals surface area contributed by atoms with Gasteiger partial charge in [0.05, 0.1) is 11.0 Å². The Balaban J connectivity index is 1.60. The minimum atomic E-state index is -0.863. The Morgan fingerprint density at radius 3 is 2.41 bits per heavy atom. The van der Waals surface area contributed by atoms with Crippen molar-refractivity contribution in [2.45, 2.75) is 20.0 Å². The van der Waals surface area contributed by atoms with E-state index in [4.69, 9.17) is 10.5 Å². The Labute approximate surface area is 168 Å². The second-order valence-electron chi connectivity index (χ2n) is 7.05. The molecule has 1 aromatic heterocycles. The summed E-state index contributed by atoms with van der Waals surface area (Å²) in [6.45, 7) is 4.09. The van der Waals surface area contributed by atoms with Crippen LogP contribution in [0.25, 0.3) is 22.4 Å². The van der Waals surface area contributed by atoms with E-state index >= 15 is 0 Å². The van der Waals surface area contributed by atoms with Gasteiger partial charge < -0.3 is 20.6 Å². The van der Waals surface area contributed by atoms with E-state index in [0.717, 1.165) is 27.8 Å². The normalized spacial score (nSPS) is 12.1. The molecule has 1 unspecified atom stereocenters. The van der Waals surface area contributed by atoms with Crippen LogP contribution in [0.4, 0.5) is 4.79 Å².